The van der Waals surface area contributed by atoms with E-state index >= 15 is 0 Å². The van der Waals surface area contributed by atoms with Gasteiger partial charge in [0.05, 0.1) is 11.3 Å². The Morgan fingerprint density at radius 2 is 1.21 bits per heavy atom. The van der Waals surface area contributed by atoms with Crippen molar-refractivity contribution in [2.75, 3.05) is 10.6 Å². The molecule has 0 unspecified atom stereocenters. The molecule has 0 aliphatic heterocycles. The van der Waals surface area contributed by atoms with Crippen LogP contribution in [0.4, 0.5) is 11.4 Å². The van der Waals surface area contributed by atoms with Crippen molar-refractivity contribution in [2.45, 2.75) is 38.1 Å². The largest absolute Gasteiger partial charge is 0.349 e. The number of hydrogen-bond acceptors (Lipinski definition) is 3. The fourth-order valence-corrected chi connectivity index (χ4v) is 3.99. The molecule has 0 atom stereocenters. The van der Waals surface area contributed by atoms with E-state index in [0.29, 0.717) is 28.1 Å². The molecule has 3 aromatic carbocycles. The second kappa shape index (κ2) is 10.6. The molecule has 6 heteroatoms. The van der Waals surface area contributed by atoms with Gasteiger partial charge in [-0.05, 0) is 61.4 Å². The number of anilines is 2. The molecule has 1 saturated carbocycles. The summed E-state index contributed by atoms with van der Waals surface area (Å²) in [5.74, 6) is -0.712. The van der Waals surface area contributed by atoms with E-state index in [-0.39, 0.29) is 23.8 Å². The molecule has 0 saturated heterocycles. The van der Waals surface area contributed by atoms with Crippen LogP contribution >= 0.6 is 0 Å². The summed E-state index contributed by atoms with van der Waals surface area (Å²) in [7, 11) is 0. The van der Waals surface area contributed by atoms with E-state index < -0.39 is 0 Å². The maximum atomic E-state index is 12.8. The van der Waals surface area contributed by atoms with Crippen LogP contribution in [0.3, 0.4) is 0 Å². The molecule has 1 fully saturated rings. The minimum absolute atomic E-state index is 0.170. The lowest BCUT2D eigenvalue weighted by molar-refractivity contribution is 0.0928. The fourth-order valence-electron chi connectivity index (χ4n) is 3.99. The summed E-state index contributed by atoms with van der Waals surface area (Å²) in [6.45, 7) is 0. The number of carbonyl (C=O) groups is 3. The average molecular weight is 442 g/mol. The number of rotatable bonds is 6. The van der Waals surface area contributed by atoms with E-state index in [4.69, 9.17) is 0 Å². The van der Waals surface area contributed by atoms with Crippen LogP contribution in [0.1, 0.15) is 63.2 Å². The molecule has 0 heterocycles. The van der Waals surface area contributed by atoms with E-state index in [0.717, 1.165) is 25.7 Å². The summed E-state index contributed by atoms with van der Waals surface area (Å²) >= 11 is 0. The fraction of sp³-hybridized carbons (Fsp3) is 0.222. The highest BCUT2D eigenvalue weighted by molar-refractivity contribution is 6.09. The van der Waals surface area contributed by atoms with Crippen molar-refractivity contribution in [3.63, 3.8) is 0 Å². The van der Waals surface area contributed by atoms with Gasteiger partial charge in [-0.3, -0.25) is 14.4 Å². The van der Waals surface area contributed by atoms with E-state index in [1.54, 1.807) is 72.8 Å². The smallest absolute Gasteiger partial charge is 0.255 e. The molecule has 168 valence electrons. The van der Waals surface area contributed by atoms with Crippen LogP contribution in [0.5, 0.6) is 0 Å². The van der Waals surface area contributed by atoms with Crippen LogP contribution in [0.15, 0.2) is 78.9 Å². The van der Waals surface area contributed by atoms with Gasteiger partial charge in [0.15, 0.2) is 0 Å². The van der Waals surface area contributed by atoms with E-state index in [2.05, 4.69) is 16.0 Å². The van der Waals surface area contributed by atoms with Crippen molar-refractivity contribution < 1.29 is 14.4 Å². The molecule has 33 heavy (non-hydrogen) atoms. The van der Waals surface area contributed by atoms with Gasteiger partial charge in [0.25, 0.3) is 17.7 Å². The van der Waals surface area contributed by atoms with Crippen LogP contribution in [0.2, 0.25) is 0 Å². The first-order valence-corrected chi connectivity index (χ1v) is 11.3. The highest BCUT2D eigenvalue weighted by atomic mass is 16.2. The second-order valence-electron chi connectivity index (χ2n) is 8.21. The van der Waals surface area contributed by atoms with E-state index in [1.165, 1.54) is 6.42 Å². The number of carbonyl (C=O) groups excluding carboxylic acids is 3. The molecule has 1 aliphatic carbocycles. The van der Waals surface area contributed by atoms with Crippen LogP contribution in [0, 0.1) is 0 Å². The van der Waals surface area contributed by atoms with Crippen LogP contribution in [0.25, 0.3) is 0 Å². The lowest BCUT2D eigenvalue weighted by Gasteiger charge is -2.23. The van der Waals surface area contributed by atoms with Crippen LogP contribution in [-0.2, 0) is 0 Å². The molecule has 0 aromatic heterocycles. The Morgan fingerprint density at radius 3 is 1.94 bits per heavy atom. The third kappa shape index (κ3) is 5.86. The average Bonchev–Trinajstić information content (AvgIpc) is 2.86. The van der Waals surface area contributed by atoms with Crippen molar-refractivity contribution in [2.24, 2.45) is 0 Å². The third-order valence-electron chi connectivity index (χ3n) is 5.80. The monoisotopic (exact) mass is 441 g/mol. The van der Waals surface area contributed by atoms with Gasteiger partial charge in [0, 0.05) is 22.9 Å². The SMILES string of the molecule is O=C(Nc1ccc(C(=O)Nc2ccccc2C(=O)NC2CCCCC2)cc1)c1ccccc1. The summed E-state index contributed by atoms with van der Waals surface area (Å²) < 4.78 is 0. The van der Waals surface area contributed by atoms with Crippen molar-refractivity contribution >= 4 is 29.1 Å². The number of nitrogens with one attached hydrogen (secondary N) is 3. The van der Waals surface area contributed by atoms with E-state index in [9.17, 15) is 14.4 Å². The number of amides is 3. The summed E-state index contributed by atoms with van der Waals surface area (Å²) in [5, 5.41) is 8.75. The Balaban J connectivity index is 1.40. The second-order valence-corrected chi connectivity index (χ2v) is 8.21. The summed E-state index contributed by atoms with van der Waals surface area (Å²) in [4.78, 5) is 37.9. The Kier molecular flexibility index (Phi) is 7.15. The van der Waals surface area contributed by atoms with Gasteiger partial charge in [-0.25, -0.2) is 0 Å². The van der Waals surface area contributed by atoms with Crippen molar-refractivity contribution in [3.05, 3.63) is 95.6 Å². The molecule has 0 bridgehead atoms. The number of benzene rings is 3. The minimum atomic E-state index is -0.325. The quantitative estimate of drug-likeness (QED) is 0.488. The van der Waals surface area contributed by atoms with Gasteiger partial charge in [-0.1, -0.05) is 49.6 Å². The van der Waals surface area contributed by atoms with Gasteiger partial charge in [-0.2, -0.15) is 0 Å². The Bertz CT molecular complexity index is 1120. The Morgan fingerprint density at radius 1 is 0.606 bits per heavy atom. The van der Waals surface area contributed by atoms with Crippen molar-refractivity contribution in [3.8, 4) is 0 Å². The zero-order valence-corrected chi connectivity index (χ0v) is 18.3. The first-order valence-electron chi connectivity index (χ1n) is 11.3. The zero-order valence-electron chi connectivity index (χ0n) is 18.3. The van der Waals surface area contributed by atoms with E-state index in [1.807, 2.05) is 6.07 Å². The maximum Gasteiger partial charge on any atom is 0.255 e. The first kappa shape index (κ1) is 22.3. The van der Waals surface area contributed by atoms with Crippen LogP contribution < -0.4 is 16.0 Å². The van der Waals surface area contributed by atoms with Gasteiger partial charge < -0.3 is 16.0 Å². The molecule has 3 amide bonds. The Hall–Kier alpha value is -3.93. The normalized spacial score (nSPS) is 13.7. The summed E-state index contributed by atoms with van der Waals surface area (Å²) in [6, 6.07) is 22.8. The summed E-state index contributed by atoms with van der Waals surface area (Å²) in [6.07, 6.45) is 5.46. The molecule has 6 nitrogen and oxygen atoms in total. The molecule has 3 N–H and O–H groups in total. The number of para-hydroxylation sites is 1. The summed E-state index contributed by atoms with van der Waals surface area (Å²) in [5.41, 5.74) is 2.49. The predicted octanol–water partition coefficient (Wildman–Crippen LogP) is 5.25. The molecule has 0 radical (unpaired) electrons. The maximum absolute atomic E-state index is 12.8. The highest BCUT2D eigenvalue weighted by Crippen LogP contribution is 2.21. The predicted molar refractivity (Wildman–Crippen MR) is 130 cm³/mol. The van der Waals surface area contributed by atoms with Gasteiger partial charge in [0.1, 0.15) is 0 Å². The third-order valence-corrected chi connectivity index (χ3v) is 5.80. The molecule has 0 spiro atoms. The Labute approximate surface area is 193 Å². The van der Waals surface area contributed by atoms with Crippen LogP contribution in [-0.4, -0.2) is 23.8 Å². The molecule has 1 aliphatic rings. The van der Waals surface area contributed by atoms with Crippen molar-refractivity contribution in [1.29, 1.82) is 0 Å². The van der Waals surface area contributed by atoms with Gasteiger partial charge in [0.2, 0.25) is 0 Å². The topological polar surface area (TPSA) is 87.3 Å². The standard InChI is InChI=1S/C27H27N3O3/c31-25(19-9-3-1-4-10-19)28-22-17-15-20(16-18-22)26(32)30-24-14-8-7-13-23(24)27(33)29-21-11-5-2-6-12-21/h1,3-4,7-10,13-18,21H,2,5-6,11-12H2,(H,28,31)(H,29,33)(H,30,32). The van der Waals surface area contributed by atoms with Gasteiger partial charge >= 0.3 is 0 Å². The number of hydrogen-bond donors (Lipinski definition) is 3. The molecule has 3 aromatic rings. The first-order chi connectivity index (χ1) is 16.1. The molecular formula is C27H27N3O3. The minimum Gasteiger partial charge on any atom is -0.349 e. The molecule has 4 rings (SSSR count). The lowest BCUT2D eigenvalue weighted by Crippen LogP contribution is -2.36. The highest BCUT2D eigenvalue weighted by Gasteiger charge is 2.19. The lowest BCUT2D eigenvalue weighted by atomic mass is 9.95. The molecular weight excluding hydrogens is 414 g/mol. The van der Waals surface area contributed by atoms with Crippen molar-refractivity contribution in [1.82, 2.24) is 5.32 Å². The zero-order chi connectivity index (χ0) is 23.0. The van der Waals surface area contributed by atoms with Gasteiger partial charge in [-0.15, -0.1) is 0 Å².